The van der Waals surface area contributed by atoms with Crippen molar-refractivity contribution in [2.45, 2.75) is 44.6 Å². The summed E-state index contributed by atoms with van der Waals surface area (Å²) < 4.78 is 0.983. The second-order valence-electron chi connectivity index (χ2n) is 5.58. The van der Waals surface area contributed by atoms with Gasteiger partial charge >= 0.3 is 0 Å². The lowest BCUT2D eigenvalue weighted by Crippen LogP contribution is -2.46. The summed E-state index contributed by atoms with van der Waals surface area (Å²) in [4.78, 5) is 12.2. The lowest BCUT2D eigenvalue weighted by Gasteiger charge is -2.30. The van der Waals surface area contributed by atoms with E-state index in [1.54, 1.807) is 0 Å². The van der Waals surface area contributed by atoms with Crippen molar-refractivity contribution in [3.05, 3.63) is 34.3 Å². The van der Waals surface area contributed by atoms with Crippen LogP contribution in [0.4, 0.5) is 0 Å². The number of amides is 1. The standard InChI is InChI=1S/C16H23BrN2O.ClH/c17-14-9-5-4-8-13(14)10-16(20)19-15(11-18)12-6-2-1-3-7-12;/h4-5,8-9,12,15H,1-3,6-7,10-11,18H2,(H,19,20);1H. The van der Waals surface area contributed by atoms with Gasteiger partial charge in [-0.3, -0.25) is 4.79 Å². The molecule has 1 aliphatic rings. The van der Waals surface area contributed by atoms with E-state index in [1.807, 2.05) is 24.3 Å². The SMILES string of the molecule is Cl.NCC(NC(=O)Cc1ccccc1Br)C1CCCCC1. The van der Waals surface area contributed by atoms with Gasteiger partial charge in [-0.2, -0.15) is 0 Å². The van der Waals surface area contributed by atoms with Crippen molar-refractivity contribution < 1.29 is 4.79 Å². The molecule has 1 aliphatic carbocycles. The third kappa shape index (κ3) is 5.61. The Morgan fingerprint density at radius 1 is 1.29 bits per heavy atom. The van der Waals surface area contributed by atoms with Crippen LogP contribution >= 0.6 is 28.3 Å². The molecule has 1 aromatic carbocycles. The summed E-state index contributed by atoms with van der Waals surface area (Å²) in [5.74, 6) is 0.620. The monoisotopic (exact) mass is 374 g/mol. The highest BCUT2D eigenvalue weighted by Crippen LogP contribution is 2.26. The molecule has 1 unspecified atom stereocenters. The number of nitrogens with one attached hydrogen (secondary N) is 1. The molecule has 1 fully saturated rings. The fourth-order valence-corrected chi connectivity index (χ4v) is 3.40. The van der Waals surface area contributed by atoms with Gasteiger partial charge in [-0.05, 0) is 30.4 Å². The number of rotatable bonds is 5. The smallest absolute Gasteiger partial charge is 0.224 e. The lowest BCUT2D eigenvalue weighted by molar-refractivity contribution is -0.121. The molecule has 1 aromatic rings. The van der Waals surface area contributed by atoms with Crippen LogP contribution in [0.3, 0.4) is 0 Å². The van der Waals surface area contributed by atoms with Crippen LogP contribution in [0.1, 0.15) is 37.7 Å². The third-order valence-electron chi connectivity index (χ3n) is 4.13. The molecule has 118 valence electrons. The van der Waals surface area contributed by atoms with Crippen LogP contribution in [0.5, 0.6) is 0 Å². The molecule has 2 rings (SSSR count). The lowest BCUT2D eigenvalue weighted by atomic mass is 9.84. The maximum absolute atomic E-state index is 12.2. The number of carbonyl (C=O) groups excluding carboxylic acids is 1. The number of benzene rings is 1. The summed E-state index contributed by atoms with van der Waals surface area (Å²) in [6.45, 7) is 0.534. The number of halogens is 2. The van der Waals surface area contributed by atoms with Crippen molar-refractivity contribution in [1.29, 1.82) is 0 Å². The molecule has 3 nitrogen and oxygen atoms in total. The number of nitrogens with two attached hydrogens (primary N) is 1. The van der Waals surface area contributed by atoms with Gasteiger partial charge in [0.05, 0.1) is 6.42 Å². The molecule has 0 bridgehead atoms. The Labute approximate surface area is 141 Å². The molecule has 0 heterocycles. The van der Waals surface area contributed by atoms with Gasteiger partial charge < -0.3 is 11.1 Å². The highest BCUT2D eigenvalue weighted by atomic mass is 79.9. The predicted octanol–water partition coefficient (Wildman–Crippen LogP) is 3.44. The molecule has 0 radical (unpaired) electrons. The maximum Gasteiger partial charge on any atom is 0.224 e. The van der Waals surface area contributed by atoms with Gasteiger partial charge in [0.2, 0.25) is 5.91 Å². The Morgan fingerprint density at radius 2 is 1.95 bits per heavy atom. The minimum atomic E-state index is 0. The van der Waals surface area contributed by atoms with Gasteiger partial charge in [-0.15, -0.1) is 12.4 Å². The van der Waals surface area contributed by atoms with Crippen molar-refractivity contribution in [3.8, 4) is 0 Å². The number of carbonyl (C=O) groups is 1. The molecule has 0 aliphatic heterocycles. The highest BCUT2D eigenvalue weighted by molar-refractivity contribution is 9.10. The van der Waals surface area contributed by atoms with E-state index in [9.17, 15) is 4.79 Å². The first kappa shape index (κ1) is 18.5. The van der Waals surface area contributed by atoms with Crippen LogP contribution < -0.4 is 11.1 Å². The molecular weight excluding hydrogens is 352 g/mol. The van der Waals surface area contributed by atoms with E-state index in [4.69, 9.17) is 5.73 Å². The molecule has 1 saturated carbocycles. The first-order chi connectivity index (χ1) is 9.70. The van der Waals surface area contributed by atoms with Crippen LogP contribution in [0.15, 0.2) is 28.7 Å². The Kier molecular flexibility index (Phi) is 8.30. The second kappa shape index (κ2) is 9.44. The van der Waals surface area contributed by atoms with E-state index in [0.717, 1.165) is 10.0 Å². The first-order valence-electron chi connectivity index (χ1n) is 7.43. The topological polar surface area (TPSA) is 55.1 Å². The summed E-state index contributed by atoms with van der Waals surface area (Å²) in [6.07, 6.45) is 6.64. The quantitative estimate of drug-likeness (QED) is 0.828. The van der Waals surface area contributed by atoms with Crippen molar-refractivity contribution in [1.82, 2.24) is 5.32 Å². The fourth-order valence-electron chi connectivity index (χ4n) is 2.98. The minimum Gasteiger partial charge on any atom is -0.352 e. The van der Waals surface area contributed by atoms with Crippen molar-refractivity contribution in [2.75, 3.05) is 6.54 Å². The largest absolute Gasteiger partial charge is 0.352 e. The molecule has 21 heavy (non-hydrogen) atoms. The summed E-state index contributed by atoms with van der Waals surface area (Å²) >= 11 is 3.48. The van der Waals surface area contributed by atoms with Crippen LogP contribution in [0.25, 0.3) is 0 Å². The molecule has 1 amide bonds. The van der Waals surface area contributed by atoms with Gasteiger partial charge in [-0.25, -0.2) is 0 Å². The van der Waals surface area contributed by atoms with E-state index in [1.165, 1.54) is 32.1 Å². The van der Waals surface area contributed by atoms with Crippen molar-refractivity contribution in [3.63, 3.8) is 0 Å². The average molecular weight is 376 g/mol. The normalized spacial score (nSPS) is 16.9. The number of hydrogen-bond donors (Lipinski definition) is 2. The van der Waals surface area contributed by atoms with E-state index in [2.05, 4.69) is 21.2 Å². The summed E-state index contributed by atoms with van der Waals surface area (Å²) in [7, 11) is 0. The zero-order valence-electron chi connectivity index (χ0n) is 12.2. The zero-order chi connectivity index (χ0) is 14.4. The first-order valence-corrected chi connectivity index (χ1v) is 8.23. The molecule has 0 saturated heterocycles. The average Bonchev–Trinajstić information content (AvgIpc) is 2.48. The Bertz CT molecular complexity index is 450. The van der Waals surface area contributed by atoms with E-state index >= 15 is 0 Å². The number of hydrogen-bond acceptors (Lipinski definition) is 2. The van der Waals surface area contributed by atoms with Crippen LogP contribution in [0.2, 0.25) is 0 Å². The van der Waals surface area contributed by atoms with Gasteiger partial charge in [0.15, 0.2) is 0 Å². The van der Waals surface area contributed by atoms with Crippen LogP contribution in [0, 0.1) is 5.92 Å². The van der Waals surface area contributed by atoms with Gasteiger partial charge in [0.25, 0.3) is 0 Å². The van der Waals surface area contributed by atoms with Gasteiger partial charge in [0.1, 0.15) is 0 Å². The molecule has 0 aromatic heterocycles. The Balaban J connectivity index is 0.00000220. The molecule has 3 N–H and O–H groups in total. The zero-order valence-corrected chi connectivity index (χ0v) is 14.6. The molecular formula is C16H24BrClN2O. The van der Waals surface area contributed by atoms with E-state index in [0.29, 0.717) is 18.9 Å². The molecule has 5 heteroatoms. The van der Waals surface area contributed by atoms with Gasteiger partial charge in [0, 0.05) is 17.1 Å². The summed E-state index contributed by atoms with van der Waals surface area (Å²) in [5.41, 5.74) is 6.87. The second-order valence-corrected chi connectivity index (χ2v) is 6.43. The fraction of sp³-hybridized carbons (Fsp3) is 0.562. The Hall–Kier alpha value is -0.580. The van der Waals surface area contributed by atoms with E-state index in [-0.39, 0.29) is 24.4 Å². The highest BCUT2D eigenvalue weighted by Gasteiger charge is 2.24. The Morgan fingerprint density at radius 3 is 2.57 bits per heavy atom. The summed E-state index contributed by atoms with van der Waals surface area (Å²) in [6, 6.07) is 7.97. The third-order valence-corrected chi connectivity index (χ3v) is 4.90. The van der Waals surface area contributed by atoms with Gasteiger partial charge in [-0.1, -0.05) is 53.4 Å². The van der Waals surface area contributed by atoms with Crippen LogP contribution in [-0.2, 0) is 11.2 Å². The maximum atomic E-state index is 12.2. The van der Waals surface area contributed by atoms with Crippen molar-refractivity contribution >= 4 is 34.2 Å². The minimum absolute atomic E-state index is 0. The van der Waals surface area contributed by atoms with Crippen molar-refractivity contribution in [2.24, 2.45) is 11.7 Å². The van der Waals surface area contributed by atoms with Crippen LogP contribution in [-0.4, -0.2) is 18.5 Å². The molecule has 1 atom stereocenters. The molecule has 0 spiro atoms. The van der Waals surface area contributed by atoms with E-state index < -0.39 is 0 Å². The summed E-state index contributed by atoms with van der Waals surface area (Å²) in [5, 5.41) is 3.13. The predicted molar refractivity (Wildman–Crippen MR) is 92.7 cm³/mol.